The van der Waals surface area contributed by atoms with Crippen molar-refractivity contribution in [2.75, 3.05) is 11.9 Å². The van der Waals surface area contributed by atoms with Gasteiger partial charge in [-0.25, -0.2) is 4.98 Å². The highest BCUT2D eigenvalue weighted by molar-refractivity contribution is 8.18. The van der Waals surface area contributed by atoms with E-state index in [1.165, 1.54) is 12.1 Å². The van der Waals surface area contributed by atoms with E-state index in [-0.39, 0.29) is 21.8 Å². The van der Waals surface area contributed by atoms with Crippen LogP contribution in [0.25, 0.3) is 6.08 Å². The molecule has 0 atom stereocenters. The summed E-state index contributed by atoms with van der Waals surface area (Å²) in [5.41, 5.74) is 2.98. The second-order valence-corrected chi connectivity index (χ2v) is 8.93. The number of nitrogens with zero attached hydrogens (tertiary/aromatic N) is 3. The van der Waals surface area contributed by atoms with Gasteiger partial charge in [-0.05, 0) is 78.2 Å². The summed E-state index contributed by atoms with van der Waals surface area (Å²) in [7, 11) is 0. The fourth-order valence-corrected chi connectivity index (χ4v) is 4.14. The number of carbonyl (C=O) groups excluding carboxylic acids is 3. The summed E-state index contributed by atoms with van der Waals surface area (Å²) in [4.78, 5) is 46.0. The standard InChI is InChI=1S/C24H18ClFN4O4S/c1-13-6-7-14(2)18(8-13)28-20(31)12-30-22(32)19(35-24(30)33)10-15-4-3-5-16(9-15)34-21-17(26)11-27-23(25)29-21/h3-11H,12H2,1-2H3,(H,28,31)/b19-10+. The molecule has 1 N–H and O–H groups in total. The highest BCUT2D eigenvalue weighted by atomic mass is 35.5. The summed E-state index contributed by atoms with van der Waals surface area (Å²) in [6.45, 7) is 3.34. The van der Waals surface area contributed by atoms with Crippen LogP contribution in [0.15, 0.2) is 53.6 Å². The van der Waals surface area contributed by atoms with Crippen LogP contribution in [0, 0.1) is 19.7 Å². The number of ether oxygens (including phenoxy) is 1. The second-order valence-electron chi connectivity index (χ2n) is 7.60. The molecule has 1 aromatic heterocycles. The van der Waals surface area contributed by atoms with Gasteiger partial charge in [-0.3, -0.25) is 19.3 Å². The zero-order valence-electron chi connectivity index (χ0n) is 18.5. The highest BCUT2D eigenvalue weighted by Gasteiger charge is 2.36. The number of hydrogen-bond acceptors (Lipinski definition) is 7. The molecule has 1 saturated heterocycles. The van der Waals surface area contributed by atoms with Gasteiger partial charge >= 0.3 is 0 Å². The van der Waals surface area contributed by atoms with E-state index in [2.05, 4.69) is 15.3 Å². The lowest BCUT2D eigenvalue weighted by Gasteiger charge is -2.14. The number of carbonyl (C=O) groups is 3. The molecule has 3 amide bonds. The monoisotopic (exact) mass is 512 g/mol. The molecule has 0 spiro atoms. The third-order valence-electron chi connectivity index (χ3n) is 4.90. The van der Waals surface area contributed by atoms with Gasteiger partial charge in [0, 0.05) is 5.69 Å². The van der Waals surface area contributed by atoms with E-state index in [1.807, 2.05) is 32.0 Å². The second kappa shape index (κ2) is 10.2. The number of imide groups is 1. The van der Waals surface area contributed by atoms with Crippen molar-refractivity contribution in [3.05, 3.63) is 81.4 Å². The van der Waals surface area contributed by atoms with Crippen molar-refractivity contribution in [3.63, 3.8) is 0 Å². The number of hydrogen-bond donors (Lipinski definition) is 1. The van der Waals surface area contributed by atoms with Crippen LogP contribution in [0.5, 0.6) is 11.6 Å². The SMILES string of the molecule is Cc1ccc(C)c(NC(=O)CN2C(=O)S/C(=C/c3cccc(Oc4nc(Cl)ncc4F)c3)C2=O)c1. The maximum absolute atomic E-state index is 13.9. The molecule has 1 aliphatic rings. The fourth-order valence-electron chi connectivity index (χ4n) is 3.17. The summed E-state index contributed by atoms with van der Waals surface area (Å²) in [6.07, 6.45) is 2.38. The first-order valence-corrected chi connectivity index (χ1v) is 11.5. The molecule has 2 aromatic carbocycles. The van der Waals surface area contributed by atoms with Crippen LogP contribution in [-0.2, 0) is 9.59 Å². The van der Waals surface area contributed by atoms with Gasteiger partial charge in [-0.1, -0.05) is 24.3 Å². The van der Waals surface area contributed by atoms with Crippen molar-refractivity contribution >= 4 is 52.2 Å². The van der Waals surface area contributed by atoms with Gasteiger partial charge in [0.2, 0.25) is 17.0 Å². The van der Waals surface area contributed by atoms with Crippen LogP contribution in [0.3, 0.4) is 0 Å². The first kappa shape index (κ1) is 24.4. The smallest absolute Gasteiger partial charge is 0.294 e. The van der Waals surface area contributed by atoms with Gasteiger partial charge in [0.25, 0.3) is 17.0 Å². The molecule has 35 heavy (non-hydrogen) atoms. The number of nitrogens with one attached hydrogen (secondary N) is 1. The lowest BCUT2D eigenvalue weighted by atomic mass is 10.1. The molecule has 3 aromatic rings. The molecule has 0 saturated carbocycles. The Hall–Kier alpha value is -3.76. The zero-order valence-corrected chi connectivity index (χ0v) is 20.1. The van der Waals surface area contributed by atoms with Crippen LogP contribution in [0.4, 0.5) is 14.9 Å². The molecule has 1 fully saturated rings. The molecule has 0 bridgehead atoms. The Morgan fingerprint density at radius 2 is 2.03 bits per heavy atom. The van der Waals surface area contributed by atoms with Crippen LogP contribution < -0.4 is 10.1 Å². The predicted molar refractivity (Wildman–Crippen MR) is 131 cm³/mol. The van der Waals surface area contributed by atoms with E-state index in [4.69, 9.17) is 16.3 Å². The maximum Gasteiger partial charge on any atom is 0.294 e. The number of amides is 3. The van der Waals surface area contributed by atoms with E-state index in [0.717, 1.165) is 34.0 Å². The average molecular weight is 513 g/mol. The molecule has 0 aliphatic carbocycles. The molecular formula is C24H18ClFN4O4S. The van der Waals surface area contributed by atoms with Crippen molar-refractivity contribution in [2.24, 2.45) is 0 Å². The van der Waals surface area contributed by atoms with Gasteiger partial charge in [0.15, 0.2) is 0 Å². The molecular weight excluding hydrogens is 495 g/mol. The summed E-state index contributed by atoms with van der Waals surface area (Å²) < 4.78 is 19.3. The van der Waals surface area contributed by atoms with E-state index in [0.29, 0.717) is 11.3 Å². The minimum absolute atomic E-state index is 0.142. The molecule has 11 heteroatoms. The van der Waals surface area contributed by atoms with Crippen molar-refractivity contribution in [1.29, 1.82) is 0 Å². The summed E-state index contributed by atoms with van der Waals surface area (Å²) in [5, 5.41) is 2.02. The minimum atomic E-state index is -0.792. The van der Waals surface area contributed by atoms with E-state index < -0.39 is 29.4 Å². The normalized spacial score (nSPS) is 14.5. The molecule has 0 radical (unpaired) electrons. The van der Waals surface area contributed by atoms with Gasteiger partial charge in [-0.15, -0.1) is 0 Å². The Kier molecular flexibility index (Phi) is 7.13. The number of aromatic nitrogens is 2. The first-order valence-electron chi connectivity index (χ1n) is 10.3. The number of halogens is 2. The number of anilines is 1. The maximum atomic E-state index is 13.9. The lowest BCUT2D eigenvalue weighted by Crippen LogP contribution is -2.36. The van der Waals surface area contributed by atoms with Gasteiger partial charge in [0.1, 0.15) is 12.3 Å². The van der Waals surface area contributed by atoms with E-state index in [1.54, 1.807) is 18.2 Å². The third-order valence-corrected chi connectivity index (χ3v) is 5.98. The number of benzene rings is 2. The van der Waals surface area contributed by atoms with Crippen molar-refractivity contribution < 1.29 is 23.5 Å². The Bertz CT molecular complexity index is 1380. The van der Waals surface area contributed by atoms with Crippen LogP contribution in [-0.4, -0.2) is 38.5 Å². The average Bonchev–Trinajstić information content (AvgIpc) is 3.06. The van der Waals surface area contributed by atoms with Gasteiger partial charge in [-0.2, -0.15) is 9.37 Å². The summed E-state index contributed by atoms with van der Waals surface area (Å²) in [5.74, 6) is -1.98. The largest absolute Gasteiger partial charge is 0.436 e. The Labute approximate surface area is 209 Å². The van der Waals surface area contributed by atoms with Crippen LogP contribution >= 0.6 is 23.4 Å². The van der Waals surface area contributed by atoms with Gasteiger partial charge < -0.3 is 10.1 Å². The molecule has 8 nitrogen and oxygen atoms in total. The molecule has 1 aliphatic heterocycles. The number of thioether (sulfide) groups is 1. The van der Waals surface area contributed by atoms with Gasteiger partial charge in [0.05, 0.1) is 11.1 Å². The number of aryl methyl sites for hydroxylation is 2. The van der Waals surface area contributed by atoms with Crippen molar-refractivity contribution in [3.8, 4) is 11.6 Å². The molecule has 2 heterocycles. The fraction of sp³-hybridized carbons (Fsp3) is 0.125. The topological polar surface area (TPSA) is 101 Å². The van der Waals surface area contributed by atoms with Crippen molar-refractivity contribution in [1.82, 2.24) is 14.9 Å². The molecule has 0 unspecified atom stereocenters. The van der Waals surface area contributed by atoms with Crippen LogP contribution in [0.2, 0.25) is 5.28 Å². The minimum Gasteiger partial charge on any atom is -0.436 e. The highest BCUT2D eigenvalue weighted by Crippen LogP contribution is 2.33. The predicted octanol–water partition coefficient (Wildman–Crippen LogP) is 5.35. The lowest BCUT2D eigenvalue weighted by molar-refractivity contribution is -0.127. The van der Waals surface area contributed by atoms with Crippen molar-refractivity contribution in [2.45, 2.75) is 13.8 Å². The van der Waals surface area contributed by atoms with E-state index >= 15 is 0 Å². The molecule has 178 valence electrons. The zero-order chi connectivity index (χ0) is 25.1. The van der Waals surface area contributed by atoms with E-state index in [9.17, 15) is 18.8 Å². The quantitative estimate of drug-likeness (QED) is 0.350. The molecule has 4 rings (SSSR count). The Balaban J connectivity index is 1.46. The Morgan fingerprint density at radius 1 is 1.23 bits per heavy atom. The third kappa shape index (κ3) is 5.84. The summed E-state index contributed by atoms with van der Waals surface area (Å²) >= 11 is 6.41. The van der Waals surface area contributed by atoms with Crippen LogP contribution in [0.1, 0.15) is 16.7 Å². The summed E-state index contributed by atoms with van der Waals surface area (Å²) in [6, 6.07) is 12.0. The number of rotatable bonds is 6. The first-order chi connectivity index (χ1) is 16.7. The Morgan fingerprint density at radius 3 is 2.83 bits per heavy atom.